The van der Waals surface area contributed by atoms with E-state index in [-0.39, 0.29) is 17.8 Å². The van der Waals surface area contributed by atoms with Crippen molar-refractivity contribution in [2.24, 2.45) is 5.92 Å². The first-order valence-electron chi connectivity index (χ1n) is 11.4. The molecule has 0 aliphatic heterocycles. The van der Waals surface area contributed by atoms with Crippen LogP contribution in [0.3, 0.4) is 0 Å². The molecule has 4 rings (SSSR count). The molecule has 1 aliphatic carbocycles. The van der Waals surface area contributed by atoms with E-state index in [1.807, 2.05) is 31.2 Å². The molecule has 3 aromatic carbocycles. The molecule has 0 fully saturated rings. The first kappa shape index (κ1) is 23.5. The molecule has 0 aromatic heterocycles. The van der Waals surface area contributed by atoms with E-state index >= 15 is 0 Å². The fourth-order valence-electron chi connectivity index (χ4n) is 4.66. The lowest BCUT2D eigenvalue weighted by Gasteiger charge is -2.31. The Kier molecular flexibility index (Phi) is 7.79. The molecule has 170 valence electrons. The molecule has 0 amide bonds. The second-order valence-corrected chi connectivity index (χ2v) is 9.29. The van der Waals surface area contributed by atoms with Crippen molar-refractivity contribution in [2.45, 2.75) is 38.8 Å². The summed E-state index contributed by atoms with van der Waals surface area (Å²) in [7, 11) is 0. The summed E-state index contributed by atoms with van der Waals surface area (Å²) in [5.74, 6) is -0.203. The molecule has 5 heteroatoms. The van der Waals surface area contributed by atoms with Gasteiger partial charge < -0.3 is 9.64 Å². The van der Waals surface area contributed by atoms with Gasteiger partial charge in [-0.15, -0.1) is 0 Å². The number of rotatable bonds is 8. The highest BCUT2D eigenvalue weighted by Gasteiger charge is 2.38. The second kappa shape index (κ2) is 11.0. The number of halogens is 1. The predicted molar refractivity (Wildman–Crippen MR) is 137 cm³/mol. The Morgan fingerprint density at radius 1 is 1.00 bits per heavy atom. The highest BCUT2D eigenvalue weighted by molar-refractivity contribution is 7.80. The van der Waals surface area contributed by atoms with Crippen molar-refractivity contribution in [1.29, 1.82) is 0 Å². The van der Waals surface area contributed by atoms with Gasteiger partial charge in [0.25, 0.3) is 0 Å². The Bertz CT molecular complexity index is 1060. The van der Waals surface area contributed by atoms with Gasteiger partial charge >= 0.3 is 5.97 Å². The molecule has 0 N–H and O–H groups in total. The van der Waals surface area contributed by atoms with E-state index in [1.165, 1.54) is 16.7 Å². The molecule has 3 nitrogen and oxygen atoms in total. The first-order chi connectivity index (χ1) is 16.0. The zero-order valence-electron chi connectivity index (χ0n) is 18.7. The normalized spacial score (nSPS) is 16.8. The van der Waals surface area contributed by atoms with Gasteiger partial charge in [-0.1, -0.05) is 90.5 Å². The van der Waals surface area contributed by atoms with E-state index in [4.69, 9.17) is 28.6 Å². The lowest BCUT2D eigenvalue weighted by molar-refractivity contribution is -0.143. The summed E-state index contributed by atoms with van der Waals surface area (Å²) in [5.41, 5.74) is 4.73. The Labute approximate surface area is 206 Å². The van der Waals surface area contributed by atoms with Crippen LogP contribution in [0, 0.1) is 5.92 Å². The molecule has 1 aliphatic rings. The molecule has 2 atom stereocenters. The number of ether oxygens (including phenoxy) is 1. The van der Waals surface area contributed by atoms with Crippen molar-refractivity contribution in [3.8, 4) is 0 Å². The van der Waals surface area contributed by atoms with Crippen LogP contribution in [0.5, 0.6) is 0 Å². The third-order valence-corrected chi connectivity index (χ3v) is 6.98. The number of thiocarbonyl (C=S) groups is 1. The summed E-state index contributed by atoms with van der Waals surface area (Å²) >= 11 is 12.5. The van der Waals surface area contributed by atoms with Gasteiger partial charge in [-0.2, -0.15) is 0 Å². The quantitative estimate of drug-likeness (QED) is 0.271. The lowest BCUT2D eigenvalue weighted by Crippen LogP contribution is -2.36. The summed E-state index contributed by atoms with van der Waals surface area (Å²) in [5, 5.41) is 0.680. The number of hydrogen-bond donors (Lipinski definition) is 0. The summed E-state index contributed by atoms with van der Waals surface area (Å²) in [6.07, 6.45) is 1.10. The number of hydrogen-bond acceptors (Lipinski definition) is 3. The Hall–Kier alpha value is -2.69. The zero-order chi connectivity index (χ0) is 23.2. The molecule has 0 unspecified atom stereocenters. The topological polar surface area (TPSA) is 29.5 Å². The Balaban J connectivity index is 1.64. The molecule has 0 heterocycles. The Morgan fingerprint density at radius 2 is 1.61 bits per heavy atom. The molecular weight excluding hydrogens is 450 g/mol. The zero-order valence-corrected chi connectivity index (χ0v) is 20.3. The van der Waals surface area contributed by atoms with E-state index in [0.29, 0.717) is 31.1 Å². The molecule has 0 spiro atoms. The number of benzene rings is 3. The summed E-state index contributed by atoms with van der Waals surface area (Å²) < 4.78 is 5.30. The summed E-state index contributed by atoms with van der Waals surface area (Å²) in [6.45, 7) is 3.64. The first-order valence-corrected chi connectivity index (χ1v) is 12.1. The van der Waals surface area contributed by atoms with Crippen LogP contribution in [0.25, 0.3) is 0 Å². The lowest BCUT2D eigenvalue weighted by atomic mass is 9.88. The molecule has 33 heavy (non-hydrogen) atoms. The maximum absolute atomic E-state index is 12.5. The molecule has 0 saturated heterocycles. The van der Waals surface area contributed by atoms with Crippen LogP contribution in [0.1, 0.15) is 41.5 Å². The minimum Gasteiger partial charge on any atom is -0.466 e. The van der Waals surface area contributed by atoms with E-state index in [0.717, 1.165) is 17.0 Å². The molecule has 0 radical (unpaired) electrons. The smallest absolute Gasteiger partial charge is 0.306 e. The summed E-state index contributed by atoms with van der Waals surface area (Å²) in [6, 6.07) is 26.7. The van der Waals surface area contributed by atoms with Gasteiger partial charge in [0.2, 0.25) is 0 Å². The van der Waals surface area contributed by atoms with Gasteiger partial charge in [0, 0.05) is 29.9 Å². The SMILES string of the molecule is CCOC(=O)C[C@@H]1c2cc(Cl)ccc2C[C@H]1C(=S)N(Cc1ccccc1)Cc1ccccc1. The van der Waals surface area contributed by atoms with Crippen molar-refractivity contribution in [3.05, 3.63) is 106 Å². The van der Waals surface area contributed by atoms with Crippen LogP contribution >= 0.6 is 23.8 Å². The van der Waals surface area contributed by atoms with Gasteiger partial charge in [0.1, 0.15) is 0 Å². The number of carbonyl (C=O) groups excluding carboxylic acids is 1. The van der Waals surface area contributed by atoms with Crippen LogP contribution in [-0.2, 0) is 29.0 Å². The maximum Gasteiger partial charge on any atom is 0.306 e. The number of carbonyl (C=O) groups is 1. The number of esters is 1. The van der Waals surface area contributed by atoms with Gasteiger partial charge in [-0.3, -0.25) is 4.79 Å². The van der Waals surface area contributed by atoms with Crippen LogP contribution in [0.15, 0.2) is 78.9 Å². The van der Waals surface area contributed by atoms with Gasteiger partial charge in [-0.25, -0.2) is 0 Å². The molecule has 3 aromatic rings. The Morgan fingerprint density at radius 3 is 2.18 bits per heavy atom. The number of fused-ring (bicyclic) bond motifs is 1. The maximum atomic E-state index is 12.5. The van der Waals surface area contributed by atoms with Crippen molar-refractivity contribution in [3.63, 3.8) is 0 Å². The minimum atomic E-state index is -0.194. The van der Waals surface area contributed by atoms with E-state index < -0.39 is 0 Å². The fraction of sp³-hybridized carbons (Fsp3) is 0.286. The van der Waals surface area contributed by atoms with Crippen molar-refractivity contribution in [2.75, 3.05) is 6.61 Å². The third kappa shape index (κ3) is 5.82. The molecular formula is C28H28ClNO2S. The third-order valence-electron chi connectivity index (χ3n) is 6.19. The minimum absolute atomic E-state index is 0.0327. The standard InChI is InChI=1S/C28H28ClNO2S/c1-2-32-27(31)17-25-24-16-23(29)14-13-22(24)15-26(25)28(33)30(18-20-9-5-3-6-10-20)19-21-11-7-4-8-12-21/h3-14,16,25-26H,2,15,17-19H2,1H3/t25-,26-/m1/s1. The fourth-order valence-corrected chi connectivity index (χ4v) is 5.21. The van der Waals surface area contributed by atoms with Gasteiger partial charge in [0.15, 0.2) is 0 Å². The van der Waals surface area contributed by atoms with Crippen LogP contribution in [-0.4, -0.2) is 22.5 Å². The molecule has 0 saturated carbocycles. The molecule has 0 bridgehead atoms. The van der Waals surface area contributed by atoms with Crippen LogP contribution in [0.2, 0.25) is 5.02 Å². The second-order valence-electron chi connectivity index (χ2n) is 8.43. The average Bonchev–Trinajstić information content (AvgIpc) is 3.17. The highest BCUT2D eigenvalue weighted by Crippen LogP contribution is 2.43. The van der Waals surface area contributed by atoms with Crippen molar-refractivity contribution < 1.29 is 9.53 Å². The van der Waals surface area contributed by atoms with Crippen LogP contribution < -0.4 is 0 Å². The van der Waals surface area contributed by atoms with Crippen LogP contribution in [0.4, 0.5) is 0 Å². The largest absolute Gasteiger partial charge is 0.466 e. The van der Waals surface area contributed by atoms with Crippen molar-refractivity contribution in [1.82, 2.24) is 4.90 Å². The van der Waals surface area contributed by atoms with E-state index in [9.17, 15) is 4.79 Å². The van der Waals surface area contributed by atoms with E-state index in [2.05, 4.69) is 59.5 Å². The summed E-state index contributed by atoms with van der Waals surface area (Å²) in [4.78, 5) is 15.7. The monoisotopic (exact) mass is 477 g/mol. The average molecular weight is 478 g/mol. The van der Waals surface area contributed by atoms with Gasteiger partial charge in [-0.05, 0) is 47.7 Å². The van der Waals surface area contributed by atoms with Crippen molar-refractivity contribution >= 4 is 34.8 Å². The van der Waals surface area contributed by atoms with Gasteiger partial charge in [0.05, 0.1) is 18.0 Å². The number of nitrogens with zero attached hydrogens (tertiary/aromatic N) is 1. The highest BCUT2D eigenvalue weighted by atomic mass is 35.5. The van der Waals surface area contributed by atoms with E-state index in [1.54, 1.807) is 0 Å². The predicted octanol–water partition coefficient (Wildman–Crippen LogP) is 6.58.